The van der Waals surface area contributed by atoms with E-state index in [9.17, 15) is 19.2 Å². The summed E-state index contributed by atoms with van der Waals surface area (Å²) in [6.07, 6.45) is 12.8. The van der Waals surface area contributed by atoms with Crippen molar-refractivity contribution in [3.8, 4) is 22.4 Å². The Balaban J connectivity index is 0.00000352. The van der Waals surface area contributed by atoms with Crippen LogP contribution >= 0.6 is 12.6 Å². The maximum Gasteiger partial charge on any atom is 0.247 e. The Hall–Kier alpha value is -5.16. The number of hydrogen-bond donors (Lipinski definition) is 6. The number of aldehydes is 1. The molecule has 0 bridgehead atoms. The Morgan fingerprint density at radius 3 is 2.41 bits per heavy atom. The molecule has 0 aliphatic carbocycles. The number of Topliss-reactive ketones (excluding diaryl/α,β-unsaturated/α-hetero) is 1. The standard InChI is InChI=1S/C56H81N9O5.C2H6.CH4S/c1-10-47(57)52-44(20-16-27-60-52)54-46(35-55(7,8)24-17-31-66)45-34-43(22-23-49(45)65(54)12-3)42-19-15-18-41(32-42)33-48(50(68)21-13-14-28-61-58)62-40(6)53(39(4)5)63(9)30-26-56(25-29-59-37-67)36-64(38-70-56)51(69)11-2;2*1-2/h11,15-16,18-20,22-23,27,31-32,34,37,39,47-48,53,61-62H,2,6,10,12-14,17,21,24-26,28-30,33,35-36,38,57-58H2,1,3-5,7-9H3,(H,59,67);1-2H3;2H,1H3. The second-order valence-electron chi connectivity index (χ2n) is 20.2. The minimum absolute atomic E-state index is 0.107. The van der Waals surface area contributed by atoms with Gasteiger partial charge in [-0.05, 0) is 136 Å². The molecular weight excluding hydrogens is 947 g/mol. The molecule has 4 unspecified atom stereocenters. The molecule has 7 N–H and O–H groups in total. The van der Waals surface area contributed by atoms with Crippen molar-refractivity contribution in [2.75, 3.05) is 46.2 Å². The summed E-state index contributed by atoms with van der Waals surface area (Å²) in [7, 11) is 2.05. The van der Waals surface area contributed by atoms with Crippen LogP contribution in [0.25, 0.3) is 33.3 Å². The van der Waals surface area contributed by atoms with Crippen molar-refractivity contribution in [1.82, 2.24) is 35.4 Å². The fourth-order valence-corrected chi connectivity index (χ4v) is 10.3. The third-order valence-electron chi connectivity index (χ3n) is 14.1. The fraction of sp³-hybridized carbons (Fsp3) is 0.542. The Kier molecular flexibility index (Phi) is 27.0. The van der Waals surface area contributed by atoms with Crippen LogP contribution in [0.15, 0.2) is 85.7 Å². The van der Waals surface area contributed by atoms with E-state index in [1.54, 1.807) is 11.2 Å². The molecule has 1 aliphatic rings. The molecule has 2 aromatic heterocycles. The van der Waals surface area contributed by atoms with Crippen molar-refractivity contribution >= 4 is 47.9 Å². The lowest BCUT2D eigenvalue weighted by Crippen LogP contribution is -2.48. The maximum absolute atomic E-state index is 14.3. The van der Waals surface area contributed by atoms with Crippen molar-refractivity contribution in [1.29, 1.82) is 0 Å². The molecule has 4 atom stereocenters. The van der Waals surface area contributed by atoms with Gasteiger partial charge in [-0.2, -0.15) is 12.6 Å². The molecule has 0 saturated carbocycles. The summed E-state index contributed by atoms with van der Waals surface area (Å²) in [6.45, 7) is 28.2. The number of ketones is 1. The molecule has 0 spiro atoms. The molecule has 1 fully saturated rings. The number of nitrogens with one attached hydrogen (secondary N) is 3. The van der Waals surface area contributed by atoms with E-state index < -0.39 is 11.6 Å². The van der Waals surface area contributed by atoms with Gasteiger partial charge in [-0.1, -0.05) is 92.0 Å². The quantitative estimate of drug-likeness (QED) is 0.00704. The molecule has 14 nitrogen and oxygen atoms in total. The van der Waals surface area contributed by atoms with Crippen molar-refractivity contribution in [2.45, 2.75) is 150 Å². The summed E-state index contributed by atoms with van der Waals surface area (Å²) in [4.78, 5) is 58.3. The van der Waals surface area contributed by atoms with Crippen LogP contribution in [0.2, 0.25) is 0 Å². The molecule has 2 aromatic carbocycles. The fourth-order valence-electron chi connectivity index (χ4n) is 10.3. The first-order valence-electron chi connectivity index (χ1n) is 26.7. The third-order valence-corrected chi connectivity index (χ3v) is 14.1. The number of likely N-dealkylation sites (N-methyl/N-ethyl adjacent to an activating group) is 1. The van der Waals surface area contributed by atoms with Gasteiger partial charge in [0.15, 0.2) is 5.78 Å². The summed E-state index contributed by atoms with van der Waals surface area (Å²) >= 11 is 3.53. The lowest BCUT2D eigenvalue weighted by molar-refractivity contribution is -0.126. The normalized spacial score (nSPS) is 15.6. The van der Waals surface area contributed by atoms with Crippen LogP contribution in [-0.4, -0.2) is 108 Å². The first-order chi connectivity index (χ1) is 35.6. The number of rotatable bonds is 31. The monoisotopic (exact) mass is 1040 g/mol. The number of amides is 2. The first-order valence-corrected chi connectivity index (χ1v) is 27.6. The van der Waals surface area contributed by atoms with Crippen molar-refractivity contribution in [2.24, 2.45) is 22.9 Å². The highest BCUT2D eigenvalue weighted by Crippen LogP contribution is 2.42. The Morgan fingerprint density at radius 1 is 1.03 bits per heavy atom. The highest BCUT2D eigenvalue weighted by Gasteiger charge is 2.41. The van der Waals surface area contributed by atoms with Gasteiger partial charge >= 0.3 is 0 Å². The van der Waals surface area contributed by atoms with Gasteiger partial charge < -0.3 is 35.4 Å². The number of nitrogens with zero attached hydrogens (tertiary/aromatic N) is 4. The minimum Gasteiger partial charge on any atom is -0.378 e. The van der Waals surface area contributed by atoms with E-state index in [0.717, 1.165) is 88.8 Å². The number of unbranched alkanes of at least 4 members (excludes halogenated alkanes) is 1. The van der Waals surface area contributed by atoms with Gasteiger partial charge in [-0.25, -0.2) is 0 Å². The predicted octanol–water partition coefficient (Wildman–Crippen LogP) is 9.36. The van der Waals surface area contributed by atoms with Crippen LogP contribution in [0, 0.1) is 11.3 Å². The Morgan fingerprint density at radius 2 is 1.76 bits per heavy atom. The number of carbonyl (C=O) groups is 4. The molecule has 74 heavy (non-hydrogen) atoms. The van der Waals surface area contributed by atoms with E-state index in [-0.39, 0.29) is 41.8 Å². The van der Waals surface area contributed by atoms with Crippen molar-refractivity contribution in [3.63, 3.8) is 0 Å². The summed E-state index contributed by atoms with van der Waals surface area (Å²) in [5, 5.41) is 7.55. The number of ether oxygens (including phenoxy) is 1. The molecule has 2 amide bonds. The molecule has 4 aromatic rings. The topological polar surface area (TPSA) is 190 Å². The molecule has 3 heterocycles. The van der Waals surface area contributed by atoms with E-state index in [2.05, 4.69) is 148 Å². The summed E-state index contributed by atoms with van der Waals surface area (Å²) in [6, 6.07) is 18.4. The van der Waals surface area contributed by atoms with Crippen LogP contribution in [0.4, 0.5) is 0 Å². The van der Waals surface area contributed by atoms with Crippen molar-refractivity contribution < 1.29 is 23.9 Å². The number of hydrogen-bond acceptors (Lipinski definition) is 12. The van der Waals surface area contributed by atoms with Crippen LogP contribution in [0.3, 0.4) is 0 Å². The van der Waals surface area contributed by atoms with Gasteiger partial charge in [0.05, 0.1) is 35.6 Å². The van der Waals surface area contributed by atoms with Crippen LogP contribution in [0.1, 0.15) is 130 Å². The van der Waals surface area contributed by atoms with Gasteiger partial charge in [0.2, 0.25) is 12.3 Å². The number of aromatic nitrogens is 2. The zero-order valence-corrected chi connectivity index (χ0v) is 47.4. The van der Waals surface area contributed by atoms with Gasteiger partial charge in [-0.15, -0.1) is 0 Å². The number of nitrogens with two attached hydrogens (primary N) is 2. The van der Waals surface area contributed by atoms with Gasteiger partial charge in [0.25, 0.3) is 0 Å². The molecule has 1 aliphatic heterocycles. The third kappa shape index (κ3) is 17.2. The largest absolute Gasteiger partial charge is 0.378 e. The Bertz CT molecular complexity index is 2420. The maximum atomic E-state index is 14.3. The van der Waals surface area contributed by atoms with Crippen LogP contribution in [-0.2, 0) is 43.3 Å². The first kappa shape index (κ1) is 63.1. The number of fused-ring (bicyclic) bond motifs is 1. The van der Waals surface area contributed by atoms with E-state index in [4.69, 9.17) is 21.3 Å². The second-order valence-corrected chi connectivity index (χ2v) is 20.2. The van der Waals surface area contributed by atoms with Gasteiger partial charge in [0, 0.05) is 73.4 Å². The second kappa shape index (κ2) is 31.7. The van der Waals surface area contributed by atoms with Crippen molar-refractivity contribution in [3.05, 3.63) is 103 Å². The summed E-state index contributed by atoms with van der Waals surface area (Å²) < 4.78 is 8.69. The lowest BCUT2D eigenvalue weighted by Gasteiger charge is -2.37. The molecule has 15 heteroatoms. The number of carbonyl (C=O) groups excluding carboxylic acids is 4. The number of thiol groups is 1. The molecule has 5 rings (SSSR count). The predicted molar refractivity (Wildman–Crippen MR) is 309 cm³/mol. The zero-order chi connectivity index (χ0) is 55.0. The number of hydrazine groups is 1. The average Bonchev–Trinajstić information content (AvgIpc) is 3.97. The Labute approximate surface area is 449 Å². The van der Waals surface area contributed by atoms with E-state index in [1.165, 1.54) is 11.6 Å². The number of pyridine rings is 1. The van der Waals surface area contributed by atoms with Gasteiger partial charge in [0.1, 0.15) is 13.0 Å². The highest BCUT2D eigenvalue weighted by atomic mass is 32.1. The molecule has 1 saturated heterocycles. The summed E-state index contributed by atoms with van der Waals surface area (Å²) in [5.41, 5.74) is 17.9. The molecular formula is C59H91N9O5S. The number of benzene rings is 2. The zero-order valence-electron chi connectivity index (χ0n) is 46.5. The minimum atomic E-state index is -0.644. The van der Waals surface area contributed by atoms with E-state index in [1.807, 2.05) is 26.1 Å². The molecule has 408 valence electrons. The summed E-state index contributed by atoms with van der Waals surface area (Å²) in [5.74, 6) is 5.63. The smallest absolute Gasteiger partial charge is 0.247 e. The van der Waals surface area contributed by atoms with Crippen LogP contribution < -0.4 is 27.6 Å². The van der Waals surface area contributed by atoms with Gasteiger partial charge in [-0.3, -0.25) is 35.5 Å². The highest BCUT2D eigenvalue weighted by molar-refractivity contribution is 7.79. The molecule has 0 radical (unpaired) electrons. The average molecular weight is 1040 g/mol. The van der Waals surface area contributed by atoms with Crippen LogP contribution in [0.5, 0.6) is 0 Å². The SMILES string of the molecule is C=CC(=O)N1COC(CCNC=O)(CCN(C)C(C(=C)NC(Cc2cccc(-c3ccc4c(c3)c(CC(C)(C)CCC=O)c(-c3cccnc3C(N)CC)n4CC)c2)C(=O)CCCCNN)C(C)C)C1.CC.CS. The van der Waals surface area contributed by atoms with E-state index >= 15 is 0 Å². The van der Waals surface area contributed by atoms with E-state index in [0.29, 0.717) is 71.1 Å². The lowest BCUT2D eigenvalue weighted by atomic mass is 9.80. The number of aryl methyl sites for hydroxylation is 1.